The van der Waals surface area contributed by atoms with E-state index in [1.165, 1.54) is 15.6 Å². The number of thiophene rings is 1. The smallest absolute Gasteiger partial charge is 0.119 e. The summed E-state index contributed by atoms with van der Waals surface area (Å²) in [6.45, 7) is 0. The van der Waals surface area contributed by atoms with Crippen molar-refractivity contribution in [3.63, 3.8) is 0 Å². The third kappa shape index (κ3) is 2.29. The monoisotopic (exact) mass is 284 g/mol. The molecule has 1 heterocycles. The second-order valence-electron chi connectivity index (χ2n) is 4.56. The molecule has 0 radical (unpaired) electrons. The Morgan fingerprint density at radius 3 is 2.80 bits per heavy atom. The van der Waals surface area contributed by atoms with Crippen molar-refractivity contribution in [1.29, 1.82) is 0 Å². The summed E-state index contributed by atoms with van der Waals surface area (Å²) in [5, 5.41) is 3.35. The molecule has 1 atom stereocenters. The molecule has 4 heteroatoms. The van der Waals surface area contributed by atoms with Crippen molar-refractivity contribution in [2.24, 2.45) is 5.84 Å². The van der Waals surface area contributed by atoms with Crippen LogP contribution in [-0.2, 0) is 0 Å². The number of hydrazine groups is 1. The molecule has 3 nitrogen and oxygen atoms in total. The zero-order valence-corrected chi connectivity index (χ0v) is 12.0. The van der Waals surface area contributed by atoms with Crippen LogP contribution in [0.5, 0.6) is 5.75 Å². The first-order valence-electron chi connectivity index (χ1n) is 6.39. The Morgan fingerprint density at radius 1 is 1.15 bits per heavy atom. The second-order valence-corrected chi connectivity index (χ2v) is 5.48. The quantitative estimate of drug-likeness (QED) is 0.570. The number of hydrogen-bond donors (Lipinski definition) is 2. The molecule has 0 amide bonds. The van der Waals surface area contributed by atoms with E-state index in [4.69, 9.17) is 10.6 Å². The number of ether oxygens (including phenoxy) is 1. The minimum Gasteiger partial charge on any atom is -0.497 e. The van der Waals surface area contributed by atoms with Crippen molar-refractivity contribution in [1.82, 2.24) is 5.43 Å². The zero-order chi connectivity index (χ0) is 13.9. The van der Waals surface area contributed by atoms with Crippen LogP contribution in [0.1, 0.15) is 17.2 Å². The number of nitrogens with one attached hydrogen (secondary N) is 1. The molecule has 0 saturated heterocycles. The maximum absolute atomic E-state index is 5.80. The lowest BCUT2D eigenvalue weighted by molar-refractivity contribution is 0.413. The van der Waals surface area contributed by atoms with E-state index in [1.54, 1.807) is 18.4 Å². The first kappa shape index (κ1) is 13.1. The number of nitrogens with two attached hydrogens (primary N) is 1. The highest BCUT2D eigenvalue weighted by atomic mass is 32.1. The van der Waals surface area contributed by atoms with Crippen LogP contribution in [0.3, 0.4) is 0 Å². The van der Waals surface area contributed by atoms with Gasteiger partial charge >= 0.3 is 0 Å². The first-order valence-corrected chi connectivity index (χ1v) is 7.27. The van der Waals surface area contributed by atoms with Crippen LogP contribution in [0.4, 0.5) is 0 Å². The Bertz CT molecular complexity index is 723. The van der Waals surface area contributed by atoms with Crippen LogP contribution < -0.4 is 16.0 Å². The minimum atomic E-state index is -0.0487. The summed E-state index contributed by atoms with van der Waals surface area (Å²) in [4.78, 5) is 0. The van der Waals surface area contributed by atoms with E-state index in [2.05, 4.69) is 41.1 Å². The van der Waals surface area contributed by atoms with Gasteiger partial charge < -0.3 is 4.74 Å². The Labute approximate surface area is 122 Å². The van der Waals surface area contributed by atoms with Gasteiger partial charge in [0.25, 0.3) is 0 Å². The molecular formula is C16H16N2OS. The van der Waals surface area contributed by atoms with Crippen molar-refractivity contribution < 1.29 is 4.74 Å². The van der Waals surface area contributed by atoms with E-state index in [0.717, 1.165) is 11.3 Å². The molecular weight excluding hydrogens is 268 g/mol. The molecule has 3 aromatic rings. The van der Waals surface area contributed by atoms with Crippen molar-refractivity contribution in [2.75, 3.05) is 7.11 Å². The maximum atomic E-state index is 5.80. The number of rotatable bonds is 4. The summed E-state index contributed by atoms with van der Waals surface area (Å²) in [6.07, 6.45) is 0. The molecule has 0 saturated carbocycles. The molecule has 3 N–H and O–H groups in total. The molecule has 0 aliphatic heterocycles. The summed E-state index contributed by atoms with van der Waals surface area (Å²) in [5.41, 5.74) is 5.20. The SMILES string of the molecule is COc1cccc(C(NN)c2cccc3ccsc23)c1. The average Bonchev–Trinajstić information content (AvgIpc) is 2.97. The standard InChI is InChI=1S/C16H16N2OS/c1-19-13-6-2-5-12(10-13)15(18-17)14-7-3-4-11-8-9-20-16(11)14/h2-10,15,18H,17H2,1H3. The zero-order valence-electron chi connectivity index (χ0n) is 11.2. The van der Waals surface area contributed by atoms with E-state index in [9.17, 15) is 0 Å². The Kier molecular flexibility index (Phi) is 3.69. The molecule has 3 rings (SSSR count). The molecule has 0 spiro atoms. The number of fused-ring (bicyclic) bond motifs is 1. The summed E-state index contributed by atoms with van der Waals surface area (Å²) in [6, 6.07) is 16.4. The molecule has 102 valence electrons. The minimum absolute atomic E-state index is 0.0487. The predicted octanol–water partition coefficient (Wildman–Crippen LogP) is 3.46. The molecule has 0 aliphatic carbocycles. The third-order valence-electron chi connectivity index (χ3n) is 3.41. The number of methoxy groups -OCH3 is 1. The lowest BCUT2D eigenvalue weighted by Crippen LogP contribution is -2.28. The highest BCUT2D eigenvalue weighted by molar-refractivity contribution is 7.17. The maximum Gasteiger partial charge on any atom is 0.119 e. The van der Waals surface area contributed by atoms with Gasteiger partial charge in [0.2, 0.25) is 0 Å². The van der Waals surface area contributed by atoms with E-state index in [-0.39, 0.29) is 6.04 Å². The molecule has 20 heavy (non-hydrogen) atoms. The van der Waals surface area contributed by atoms with Crippen molar-refractivity contribution in [2.45, 2.75) is 6.04 Å². The van der Waals surface area contributed by atoms with Crippen LogP contribution in [0.25, 0.3) is 10.1 Å². The van der Waals surface area contributed by atoms with Gasteiger partial charge in [0.1, 0.15) is 5.75 Å². The van der Waals surface area contributed by atoms with E-state index in [1.807, 2.05) is 18.2 Å². The summed E-state index contributed by atoms with van der Waals surface area (Å²) in [7, 11) is 1.67. The highest BCUT2D eigenvalue weighted by Gasteiger charge is 2.16. The van der Waals surface area contributed by atoms with Gasteiger partial charge in [-0.15, -0.1) is 11.3 Å². The molecule has 2 aromatic carbocycles. The van der Waals surface area contributed by atoms with Gasteiger partial charge in [-0.3, -0.25) is 5.84 Å². The van der Waals surface area contributed by atoms with Gasteiger partial charge in [0, 0.05) is 4.70 Å². The van der Waals surface area contributed by atoms with Crippen LogP contribution in [-0.4, -0.2) is 7.11 Å². The molecule has 0 fully saturated rings. The Morgan fingerprint density at radius 2 is 2.00 bits per heavy atom. The van der Waals surface area contributed by atoms with Gasteiger partial charge in [0.15, 0.2) is 0 Å². The first-order chi connectivity index (χ1) is 9.83. The van der Waals surface area contributed by atoms with Crippen LogP contribution in [0.2, 0.25) is 0 Å². The van der Waals surface area contributed by atoms with Crippen LogP contribution in [0.15, 0.2) is 53.9 Å². The van der Waals surface area contributed by atoms with Gasteiger partial charge in [-0.25, -0.2) is 5.43 Å². The van der Waals surface area contributed by atoms with Gasteiger partial charge in [-0.2, -0.15) is 0 Å². The van der Waals surface area contributed by atoms with Crippen LogP contribution in [0, 0.1) is 0 Å². The van der Waals surface area contributed by atoms with Gasteiger partial charge in [-0.05, 0) is 40.1 Å². The predicted molar refractivity (Wildman–Crippen MR) is 84.0 cm³/mol. The lowest BCUT2D eigenvalue weighted by atomic mass is 9.98. The van der Waals surface area contributed by atoms with Gasteiger partial charge in [0.05, 0.1) is 13.2 Å². The van der Waals surface area contributed by atoms with E-state index >= 15 is 0 Å². The van der Waals surface area contributed by atoms with Crippen molar-refractivity contribution in [3.05, 3.63) is 65.0 Å². The Balaban J connectivity index is 2.11. The molecule has 0 aliphatic rings. The highest BCUT2D eigenvalue weighted by Crippen LogP contribution is 2.32. The van der Waals surface area contributed by atoms with Crippen molar-refractivity contribution in [3.8, 4) is 5.75 Å². The lowest BCUT2D eigenvalue weighted by Gasteiger charge is -2.18. The fraction of sp³-hybridized carbons (Fsp3) is 0.125. The summed E-state index contributed by atoms with van der Waals surface area (Å²) >= 11 is 1.74. The normalized spacial score (nSPS) is 12.5. The third-order valence-corrected chi connectivity index (χ3v) is 4.39. The summed E-state index contributed by atoms with van der Waals surface area (Å²) in [5.74, 6) is 6.64. The fourth-order valence-corrected chi connectivity index (χ4v) is 3.38. The average molecular weight is 284 g/mol. The van der Waals surface area contributed by atoms with Gasteiger partial charge in [-0.1, -0.05) is 30.3 Å². The van der Waals surface area contributed by atoms with E-state index in [0.29, 0.717) is 0 Å². The second kappa shape index (κ2) is 5.63. The topological polar surface area (TPSA) is 47.3 Å². The number of benzene rings is 2. The molecule has 1 aromatic heterocycles. The van der Waals surface area contributed by atoms with Crippen molar-refractivity contribution >= 4 is 21.4 Å². The summed E-state index contributed by atoms with van der Waals surface area (Å²) < 4.78 is 6.55. The van der Waals surface area contributed by atoms with Crippen LogP contribution >= 0.6 is 11.3 Å². The Hall–Kier alpha value is -1.88. The largest absolute Gasteiger partial charge is 0.497 e. The number of hydrogen-bond acceptors (Lipinski definition) is 4. The molecule has 0 bridgehead atoms. The fourth-order valence-electron chi connectivity index (χ4n) is 2.43. The molecule has 1 unspecified atom stereocenters. The van der Waals surface area contributed by atoms with E-state index < -0.39 is 0 Å².